The lowest BCUT2D eigenvalue weighted by Crippen LogP contribution is -2.30. The maximum absolute atomic E-state index is 12.9. The van der Waals surface area contributed by atoms with E-state index in [-0.39, 0.29) is 23.0 Å². The number of carbonyl (C=O) groups excluding carboxylic acids is 1. The Bertz CT molecular complexity index is 1050. The SMILES string of the molecule is CC(=O)NCCNCCCc1cc(-c2cccc(C(F)(F)F)c2)nc(C#N)n1.O=C(O)C(F)(F)F. The van der Waals surface area contributed by atoms with E-state index in [0.29, 0.717) is 38.2 Å². The Labute approximate surface area is 196 Å². The molecule has 0 atom stereocenters. The number of carboxylic acid groups (broad SMARTS) is 1. The molecule has 0 bridgehead atoms. The number of halogens is 6. The zero-order valence-electron chi connectivity index (χ0n) is 18.3. The Kier molecular flexibility index (Phi) is 11.1. The fourth-order valence-electron chi connectivity index (χ4n) is 2.52. The molecule has 0 spiro atoms. The van der Waals surface area contributed by atoms with Crippen molar-refractivity contribution in [1.29, 1.82) is 5.26 Å². The normalized spacial score (nSPS) is 11.1. The quantitative estimate of drug-likeness (QED) is 0.371. The largest absolute Gasteiger partial charge is 0.490 e. The summed E-state index contributed by atoms with van der Waals surface area (Å²) >= 11 is 0. The van der Waals surface area contributed by atoms with Crippen LogP contribution in [-0.2, 0) is 22.2 Å². The van der Waals surface area contributed by atoms with Gasteiger partial charge in [0.2, 0.25) is 11.7 Å². The van der Waals surface area contributed by atoms with Gasteiger partial charge in [0.1, 0.15) is 6.07 Å². The molecule has 0 aliphatic rings. The van der Waals surface area contributed by atoms with Crippen LogP contribution in [0.15, 0.2) is 30.3 Å². The Morgan fingerprint density at radius 2 is 1.71 bits per heavy atom. The minimum atomic E-state index is -5.08. The van der Waals surface area contributed by atoms with Gasteiger partial charge in [-0.1, -0.05) is 12.1 Å². The zero-order chi connectivity index (χ0) is 26.6. The molecule has 1 aromatic carbocycles. The second-order valence-corrected chi connectivity index (χ2v) is 6.90. The number of rotatable bonds is 8. The third-order valence-corrected chi connectivity index (χ3v) is 4.07. The topological polar surface area (TPSA) is 128 Å². The minimum absolute atomic E-state index is 0.0801. The summed E-state index contributed by atoms with van der Waals surface area (Å²) in [7, 11) is 0. The molecule has 190 valence electrons. The summed E-state index contributed by atoms with van der Waals surface area (Å²) in [5.74, 6) is -2.93. The van der Waals surface area contributed by atoms with Gasteiger partial charge >= 0.3 is 18.3 Å². The van der Waals surface area contributed by atoms with E-state index in [4.69, 9.17) is 15.2 Å². The zero-order valence-corrected chi connectivity index (χ0v) is 18.3. The highest BCUT2D eigenvalue weighted by Gasteiger charge is 2.38. The Morgan fingerprint density at radius 3 is 2.26 bits per heavy atom. The Morgan fingerprint density at radius 1 is 1.06 bits per heavy atom. The first-order valence-corrected chi connectivity index (χ1v) is 9.95. The van der Waals surface area contributed by atoms with Crippen molar-refractivity contribution in [3.05, 3.63) is 47.4 Å². The molecule has 0 saturated heterocycles. The first kappa shape index (κ1) is 29.3. The molecule has 35 heavy (non-hydrogen) atoms. The fraction of sp³-hybridized carbons (Fsp3) is 0.381. The predicted molar refractivity (Wildman–Crippen MR) is 111 cm³/mol. The summed E-state index contributed by atoms with van der Waals surface area (Å²) in [4.78, 5) is 27.8. The summed E-state index contributed by atoms with van der Waals surface area (Å²) in [6.07, 6.45) is -8.28. The van der Waals surface area contributed by atoms with Crippen molar-refractivity contribution < 1.29 is 41.0 Å². The van der Waals surface area contributed by atoms with E-state index in [1.165, 1.54) is 19.1 Å². The number of nitriles is 1. The number of alkyl halides is 6. The number of benzene rings is 1. The molecule has 1 amide bonds. The molecule has 14 heteroatoms. The van der Waals surface area contributed by atoms with Crippen LogP contribution in [0.5, 0.6) is 0 Å². The summed E-state index contributed by atoms with van der Waals surface area (Å²) in [5, 5.41) is 22.1. The molecule has 0 fully saturated rings. The highest BCUT2D eigenvalue weighted by Crippen LogP contribution is 2.31. The highest BCUT2D eigenvalue weighted by atomic mass is 19.4. The van der Waals surface area contributed by atoms with Crippen LogP contribution in [0.2, 0.25) is 0 Å². The van der Waals surface area contributed by atoms with Crippen molar-refractivity contribution in [2.24, 2.45) is 0 Å². The number of nitrogens with one attached hydrogen (secondary N) is 2. The van der Waals surface area contributed by atoms with Gasteiger partial charge in [-0.15, -0.1) is 0 Å². The standard InChI is InChI=1S/C19H20F3N5O.C2HF3O2/c1-13(28)25-9-8-24-7-3-6-16-11-17(27-18(12-23)26-16)14-4-2-5-15(10-14)19(20,21)22;3-2(4,5)1(6)7/h2,4-5,10-11,24H,3,6-9H2,1H3,(H,25,28);(H,6,7). The van der Waals surface area contributed by atoms with E-state index in [0.717, 1.165) is 12.1 Å². The molecule has 2 aromatic rings. The van der Waals surface area contributed by atoms with Gasteiger partial charge in [0.05, 0.1) is 11.3 Å². The minimum Gasteiger partial charge on any atom is -0.475 e. The van der Waals surface area contributed by atoms with E-state index in [9.17, 15) is 31.1 Å². The average Bonchev–Trinajstić information content (AvgIpc) is 2.77. The van der Waals surface area contributed by atoms with Gasteiger partial charge in [0.15, 0.2) is 0 Å². The molecule has 0 radical (unpaired) electrons. The van der Waals surface area contributed by atoms with Crippen LogP contribution in [0.4, 0.5) is 26.3 Å². The molecule has 0 unspecified atom stereocenters. The first-order valence-electron chi connectivity index (χ1n) is 9.95. The van der Waals surface area contributed by atoms with Gasteiger partial charge in [0.25, 0.3) is 0 Å². The van der Waals surface area contributed by atoms with E-state index in [2.05, 4.69) is 20.6 Å². The van der Waals surface area contributed by atoms with Crippen LogP contribution in [0, 0.1) is 11.3 Å². The van der Waals surface area contributed by atoms with Crippen molar-refractivity contribution in [3.8, 4) is 17.3 Å². The molecule has 1 heterocycles. The van der Waals surface area contributed by atoms with E-state index in [1.54, 1.807) is 6.07 Å². The number of hydrogen-bond donors (Lipinski definition) is 3. The molecule has 0 aliphatic carbocycles. The lowest BCUT2D eigenvalue weighted by Gasteiger charge is -2.10. The van der Waals surface area contributed by atoms with Crippen molar-refractivity contribution in [2.45, 2.75) is 32.1 Å². The van der Waals surface area contributed by atoms with Crippen LogP contribution >= 0.6 is 0 Å². The van der Waals surface area contributed by atoms with Crippen LogP contribution < -0.4 is 10.6 Å². The number of aromatic nitrogens is 2. The molecular weight excluding hydrogens is 484 g/mol. The smallest absolute Gasteiger partial charge is 0.475 e. The second kappa shape index (κ2) is 13.2. The number of nitrogens with zero attached hydrogens (tertiary/aromatic N) is 3. The summed E-state index contributed by atoms with van der Waals surface area (Å²) in [6.45, 7) is 3.28. The average molecular weight is 505 g/mol. The molecule has 2 rings (SSSR count). The Balaban J connectivity index is 0.000000762. The number of carbonyl (C=O) groups is 2. The second-order valence-electron chi connectivity index (χ2n) is 6.90. The van der Waals surface area contributed by atoms with Crippen molar-refractivity contribution >= 4 is 11.9 Å². The van der Waals surface area contributed by atoms with Gasteiger partial charge in [0, 0.05) is 31.3 Å². The number of carboxylic acids is 1. The van der Waals surface area contributed by atoms with Crippen molar-refractivity contribution in [3.63, 3.8) is 0 Å². The lowest BCUT2D eigenvalue weighted by atomic mass is 10.1. The predicted octanol–water partition coefficient (Wildman–Crippen LogP) is 3.33. The maximum atomic E-state index is 12.9. The third-order valence-electron chi connectivity index (χ3n) is 4.07. The molecule has 0 aliphatic heterocycles. The van der Waals surface area contributed by atoms with E-state index >= 15 is 0 Å². The molecular formula is C21H21F6N5O3. The number of aliphatic carboxylic acids is 1. The molecule has 8 nitrogen and oxygen atoms in total. The number of hydrogen-bond acceptors (Lipinski definition) is 6. The van der Waals surface area contributed by atoms with E-state index < -0.39 is 23.9 Å². The van der Waals surface area contributed by atoms with Gasteiger partial charge < -0.3 is 15.7 Å². The lowest BCUT2D eigenvalue weighted by molar-refractivity contribution is -0.192. The van der Waals surface area contributed by atoms with Gasteiger partial charge in [-0.3, -0.25) is 4.79 Å². The Hall–Kier alpha value is -3.73. The number of aryl methyl sites for hydroxylation is 1. The summed E-state index contributed by atoms with van der Waals surface area (Å²) < 4.78 is 70.5. The van der Waals surface area contributed by atoms with Crippen LogP contribution in [0.25, 0.3) is 11.3 Å². The van der Waals surface area contributed by atoms with E-state index in [1.807, 2.05) is 6.07 Å². The molecule has 1 aromatic heterocycles. The number of amides is 1. The van der Waals surface area contributed by atoms with Crippen LogP contribution in [-0.4, -0.2) is 52.8 Å². The fourth-order valence-corrected chi connectivity index (χ4v) is 2.52. The van der Waals surface area contributed by atoms with Crippen LogP contribution in [0.1, 0.15) is 30.4 Å². The summed E-state index contributed by atoms with van der Waals surface area (Å²) in [6, 6.07) is 8.29. The van der Waals surface area contributed by atoms with Crippen molar-refractivity contribution in [2.75, 3.05) is 19.6 Å². The highest BCUT2D eigenvalue weighted by molar-refractivity contribution is 5.73. The van der Waals surface area contributed by atoms with Crippen molar-refractivity contribution in [1.82, 2.24) is 20.6 Å². The monoisotopic (exact) mass is 505 g/mol. The molecule has 0 saturated carbocycles. The van der Waals surface area contributed by atoms with Gasteiger partial charge in [-0.25, -0.2) is 14.8 Å². The summed E-state index contributed by atoms with van der Waals surface area (Å²) in [5.41, 5.74) is 0.379. The third kappa shape index (κ3) is 11.3. The van der Waals surface area contributed by atoms with Gasteiger partial charge in [-0.2, -0.15) is 31.6 Å². The first-order chi connectivity index (χ1) is 16.2. The maximum Gasteiger partial charge on any atom is 0.490 e. The molecule has 3 N–H and O–H groups in total. The van der Waals surface area contributed by atoms with Gasteiger partial charge in [-0.05, 0) is 37.6 Å². The van der Waals surface area contributed by atoms with Crippen LogP contribution in [0.3, 0.4) is 0 Å².